The standard InChI is InChI=1S/C17H20ClFN2/c1-3-12-8-6-10-21-17(12)15(20-4-2)11-13-7-5-9-14(18)16(13)19/h5-10,15,20H,3-4,11H2,1-2H3. The van der Waals surface area contributed by atoms with Crippen LogP contribution in [0.3, 0.4) is 0 Å². The monoisotopic (exact) mass is 306 g/mol. The molecule has 1 atom stereocenters. The van der Waals surface area contributed by atoms with Crippen molar-refractivity contribution in [1.29, 1.82) is 0 Å². The van der Waals surface area contributed by atoms with Crippen LogP contribution >= 0.6 is 11.6 Å². The predicted octanol–water partition coefficient (Wildman–Crippen LogP) is 4.33. The molecule has 0 bridgehead atoms. The zero-order chi connectivity index (χ0) is 15.2. The highest BCUT2D eigenvalue weighted by Crippen LogP contribution is 2.25. The van der Waals surface area contributed by atoms with Gasteiger partial charge < -0.3 is 5.32 Å². The van der Waals surface area contributed by atoms with E-state index in [0.717, 1.165) is 18.7 Å². The quantitative estimate of drug-likeness (QED) is 0.859. The summed E-state index contributed by atoms with van der Waals surface area (Å²) in [6.45, 7) is 4.94. The normalized spacial score (nSPS) is 12.4. The first kappa shape index (κ1) is 15.9. The Bertz CT molecular complexity index is 601. The number of nitrogens with one attached hydrogen (secondary N) is 1. The molecule has 1 aromatic heterocycles. The lowest BCUT2D eigenvalue weighted by molar-refractivity contribution is 0.514. The maximum Gasteiger partial charge on any atom is 0.145 e. The van der Waals surface area contributed by atoms with E-state index in [1.54, 1.807) is 24.4 Å². The molecule has 0 saturated heterocycles. The highest BCUT2D eigenvalue weighted by molar-refractivity contribution is 6.30. The fourth-order valence-corrected chi connectivity index (χ4v) is 2.70. The lowest BCUT2D eigenvalue weighted by Crippen LogP contribution is -2.25. The minimum atomic E-state index is -0.337. The Morgan fingerprint density at radius 1 is 1.19 bits per heavy atom. The molecule has 1 aromatic carbocycles. The first-order valence-electron chi connectivity index (χ1n) is 7.27. The lowest BCUT2D eigenvalue weighted by atomic mass is 9.98. The molecule has 112 valence electrons. The van der Waals surface area contributed by atoms with Crippen LogP contribution < -0.4 is 5.32 Å². The first-order valence-corrected chi connectivity index (χ1v) is 7.65. The van der Waals surface area contributed by atoms with Crippen LogP contribution in [0.4, 0.5) is 4.39 Å². The van der Waals surface area contributed by atoms with Gasteiger partial charge in [0.2, 0.25) is 0 Å². The summed E-state index contributed by atoms with van der Waals surface area (Å²) in [5.41, 5.74) is 2.79. The Kier molecular flexibility index (Phi) is 5.71. The average Bonchev–Trinajstić information content (AvgIpc) is 2.51. The number of pyridine rings is 1. The fraction of sp³-hybridized carbons (Fsp3) is 0.353. The molecule has 0 amide bonds. The minimum absolute atomic E-state index is 0.0147. The molecule has 1 heterocycles. The van der Waals surface area contributed by atoms with Gasteiger partial charge in [-0.15, -0.1) is 0 Å². The number of benzene rings is 1. The molecule has 2 nitrogen and oxygen atoms in total. The Morgan fingerprint density at radius 2 is 1.95 bits per heavy atom. The van der Waals surface area contributed by atoms with Crippen LogP contribution in [0, 0.1) is 5.82 Å². The number of halogens is 2. The summed E-state index contributed by atoms with van der Waals surface area (Å²) in [7, 11) is 0. The van der Waals surface area contributed by atoms with Gasteiger partial charge in [0.05, 0.1) is 16.8 Å². The molecule has 0 aliphatic rings. The van der Waals surface area contributed by atoms with Crippen molar-refractivity contribution < 1.29 is 4.39 Å². The van der Waals surface area contributed by atoms with Crippen LogP contribution in [-0.4, -0.2) is 11.5 Å². The largest absolute Gasteiger partial charge is 0.309 e. The highest BCUT2D eigenvalue weighted by Gasteiger charge is 2.18. The molecule has 0 aliphatic carbocycles. The summed E-state index contributed by atoms with van der Waals surface area (Å²) in [6.07, 6.45) is 3.22. The van der Waals surface area contributed by atoms with Crippen LogP contribution in [0.1, 0.15) is 36.7 Å². The van der Waals surface area contributed by atoms with E-state index in [9.17, 15) is 4.39 Å². The van der Waals surface area contributed by atoms with Gasteiger partial charge in [-0.2, -0.15) is 0 Å². The molecule has 0 aliphatic heterocycles. The van der Waals surface area contributed by atoms with Crippen molar-refractivity contribution in [3.63, 3.8) is 0 Å². The molecule has 2 rings (SSSR count). The number of nitrogens with zero attached hydrogens (tertiary/aromatic N) is 1. The van der Waals surface area contributed by atoms with Gasteiger partial charge in [0.1, 0.15) is 5.82 Å². The summed E-state index contributed by atoms with van der Waals surface area (Å²) in [4.78, 5) is 4.50. The third-order valence-corrected chi connectivity index (χ3v) is 3.84. The molecule has 0 fully saturated rings. The second-order valence-corrected chi connectivity index (χ2v) is 5.34. The number of likely N-dealkylation sites (N-methyl/N-ethyl adjacent to an activating group) is 1. The number of hydrogen-bond donors (Lipinski definition) is 1. The van der Waals surface area contributed by atoms with E-state index in [1.165, 1.54) is 5.56 Å². The number of rotatable bonds is 6. The van der Waals surface area contributed by atoms with E-state index >= 15 is 0 Å². The van der Waals surface area contributed by atoms with Crippen LogP contribution in [0.15, 0.2) is 36.5 Å². The van der Waals surface area contributed by atoms with Gasteiger partial charge in [0.15, 0.2) is 0 Å². The fourth-order valence-electron chi connectivity index (χ4n) is 2.50. The van der Waals surface area contributed by atoms with Crippen molar-refractivity contribution in [2.45, 2.75) is 32.7 Å². The van der Waals surface area contributed by atoms with Crippen molar-refractivity contribution in [1.82, 2.24) is 10.3 Å². The van der Waals surface area contributed by atoms with E-state index in [1.807, 2.05) is 13.0 Å². The van der Waals surface area contributed by atoms with Crippen molar-refractivity contribution >= 4 is 11.6 Å². The van der Waals surface area contributed by atoms with Gasteiger partial charge in [-0.05, 0) is 42.6 Å². The Morgan fingerprint density at radius 3 is 2.67 bits per heavy atom. The smallest absolute Gasteiger partial charge is 0.145 e. The van der Waals surface area contributed by atoms with E-state index < -0.39 is 0 Å². The summed E-state index contributed by atoms with van der Waals surface area (Å²) < 4.78 is 14.1. The van der Waals surface area contributed by atoms with E-state index in [0.29, 0.717) is 12.0 Å². The van der Waals surface area contributed by atoms with E-state index in [-0.39, 0.29) is 16.9 Å². The van der Waals surface area contributed by atoms with E-state index in [2.05, 4.69) is 23.3 Å². The molecular formula is C17H20ClFN2. The Balaban J connectivity index is 2.33. The van der Waals surface area contributed by atoms with E-state index in [4.69, 9.17) is 11.6 Å². The summed E-state index contributed by atoms with van der Waals surface area (Å²) >= 11 is 5.87. The molecule has 0 saturated carbocycles. The average molecular weight is 307 g/mol. The maximum atomic E-state index is 14.1. The number of aryl methyl sites for hydroxylation is 1. The second kappa shape index (κ2) is 7.53. The van der Waals surface area contributed by atoms with Crippen LogP contribution in [-0.2, 0) is 12.8 Å². The van der Waals surface area contributed by atoms with Gasteiger partial charge in [0.25, 0.3) is 0 Å². The summed E-state index contributed by atoms with van der Waals surface area (Å²) in [5, 5.41) is 3.56. The summed E-state index contributed by atoms with van der Waals surface area (Å²) in [5.74, 6) is -0.337. The van der Waals surface area contributed by atoms with Crippen LogP contribution in [0.25, 0.3) is 0 Å². The number of aromatic nitrogens is 1. The van der Waals surface area contributed by atoms with Crippen LogP contribution in [0.5, 0.6) is 0 Å². The van der Waals surface area contributed by atoms with Crippen LogP contribution in [0.2, 0.25) is 5.02 Å². The summed E-state index contributed by atoms with van der Waals surface area (Å²) in [6, 6.07) is 9.12. The SMILES string of the molecule is CCNC(Cc1cccc(Cl)c1F)c1ncccc1CC. The molecular weight excluding hydrogens is 287 g/mol. The highest BCUT2D eigenvalue weighted by atomic mass is 35.5. The maximum absolute atomic E-state index is 14.1. The van der Waals surface area contributed by atoms with Gasteiger partial charge in [-0.1, -0.05) is 43.6 Å². The predicted molar refractivity (Wildman–Crippen MR) is 85.1 cm³/mol. The molecule has 2 aromatic rings. The Labute approximate surface area is 130 Å². The third kappa shape index (κ3) is 3.80. The third-order valence-electron chi connectivity index (χ3n) is 3.54. The zero-order valence-electron chi connectivity index (χ0n) is 12.4. The zero-order valence-corrected chi connectivity index (χ0v) is 13.1. The minimum Gasteiger partial charge on any atom is -0.309 e. The molecule has 0 spiro atoms. The van der Waals surface area contributed by atoms with Gasteiger partial charge in [0, 0.05) is 6.20 Å². The van der Waals surface area contributed by atoms with Crippen molar-refractivity contribution in [3.05, 3.63) is 64.2 Å². The molecule has 1 N–H and O–H groups in total. The van der Waals surface area contributed by atoms with Crippen molar-refractivity contribution in [2.75, 3.05) is 6.54 Å². The molecule has 0 radical (unpaired) electrons. The molecule has 4 heteroatoms. The molecule has 1 unspecified atom stereocenters. The van der Waals surface area contributed by atoms with Crippen molar-refractivity contribution in [3.8, 4) is 0 Å². The number of hydrogen-bond acceptors (Lipinski definition) is 2. The Hall–Kier alpha value is -1.45. The second-order valence-electron chi connectivity index (χ2n) is 4.93. The lowest BCUT2D eigenvalue weighted by Gasteiger charge is -2.20. The topological polar surface area (TPSA) is 24.9 Å². The van der Waals surface area contributed by atoms with Gasteiger partial charge in [-0.3, -0.25) is 4.98 Å². The van der Waals surface area contributed by atoms with Gasteiger partial charge in [-0.25, -0.2) is 4.39 Å². The molecule has 21 heavy (non-hydrogen) atoms. The van der Waals surface area contributed by atoms with Gasteiger partial charge >= 0.3 is 0 Å². The first-order chi connectivity index (χ1) is 10.2. The van der Waals surface area contributed by atoms with Crippen molar-refractivity contribution in [2.24, 2.45) is 0 Å².